The van der Waals surface area contributed by atoms with Gasteiger partial charge in [0.05, 0.1) is 6.04 Å². The van der Waals surface area contributed by atoms with Gasteiger partial charge in [0.1, 0.15) is 10.2 Å². The zero-order chi connectivity index (χ0) is 9.26. The highest BCUT2D eigenvalue weighted by Gasteiger charge is 2.23. The van der Waals surface area contributed by atoms with E-state index in [2.05, 4.69) is 4.98 Å². The number of hydrogen-bond donors (Lipinski definition) is 1. The van der Waals surface area contributed by atoms with E-state index in [9.17, 15) is 0 Å². The van der Waals surface area contributed by atoms with E-state index in [0.717, 1.165) is 18.0 Å². The van der Waals surface area contributed by atoms with Crippen molar-refractivity contribution in [3.05, 3.63) is 15.5 Å². The van der Waals surface area contributed by atoms with E-state index in [1.54, 1.807) is 11.3 Å². The van der Waals surface area contributed by atoms with Gasteiger partial charge in [-0.15, -0.1) is 11.3 Å². The minimum Gasteiger partial charge on any atom is -0.268 e. The standard InChI is InChI=1S/C8H12ClN3S/c9-7-5-13-8(11-7)6-3-1-2-4-12(6)10/h5-6H,1-4,10H2. The third-order valence-electron chi connectivity index (χ3n) is 2.32. The molecular formula is C8H12ClN3S. The first-order chi connectivity index (χ1) is 6.27. The summed E-state index contributed by atoms with van der Waals surface area (Å²) >= 11 is 7.36. The minimum atomic E-state index is 0.284. The monoisotopic (exact) mass is 217 g/mol. The molecule has 1 aliphatic heterocycles. The van der Waals surface area contributed by atoms with Crippen LogP contribution in [0.5, 0.6) is 0 Å². The molecule has 0 bridgehead atoms. The minimum absolute atomic E-state index is 0.284. The van der Waals surface area contributed by atoms with Crippen LogP contribution in [0, 0.1) is 0 Å². The smallest absolute Gasteiger partial charge is 0.140 e. The highest BCUT2D eigenvalue weighted by Crippen LogP contribution is 2.31. The van der Waals surface area contributed by atoms with Crippen molar-refractivity contribution in [1.82, 2.24) is 9.99 Å². The summed E-state index contributed by atoms with van der Waals surface area (Å²) in [6.45, 7) is 0.960. The number of nitrogens with two attached hydrogens (primary N) is 1. The van der Waals surface area contributed by atoms with Gasteiger partial charge in [-0.25, -0.2) is 9.99 Å². The fourth-order valence-corrected chi connectivity index (χ4v) is 2.75. The van der Waals surface area contributed by atoms with Crippen molar-refractivity contribution in [3.63, 3.8) is 0 Å². The number of rotatable bonds is 1. The maximum absolute atomic E-state index is 5.88. The molecule has 0 radical (unpaired) electrons. The van der Waals surface area contributed by atoms with Crippen LogP contribution in [0.1, 0.15) is 30.3 Å². The predicted molar refractivity (Wildman–Crippen MR) is 54.6 cm³/mol. The second-order valence-corrected chi connectivity index (χ2v) is 4.53. The summed E-state index contributed by atoms with van der Waals surface area (Å²) in [5.41, 5.74) is 0. The molecule has 1 atom stereocenters. The van der Waals surface area contributed by atoms with Crippen molar-refractivity contribution in [2.75, 3.05) is 6.54 Å². The highest BCUT2D eigenvalue weighted by molar-refractivity contribution is 7.10. The van der Waals surface area contributed by atoms with Gasteiger partial charge in [-0.1, -0.05) is 18.0 Å². The second-order valence-electron chi connectivity index (χ2n) is 3.26. The van der Waals surface area contributed by atoms with Crippen molar-refractivity contribution in [2.24, 2.45) is 5.84 Å². The number of halogens is 1. The van der Waals surface area contributed by atoms with Crippen LogP contribution in [0.4, 0.5) is 0 Å². The van der Waals surface area contributed by atoms with Crippen molar-refractivity contribution in [2.45, 2.75) is 25.3 Å². The van der Waals surface area contributed by atoms with Crippen LogP contribution >= 0.6 is 22.9 Å². The van der Waals surface area contributed by atoms with Crippen molar-refractivity contribution in [3.8, 4) is 0 Å². The molecular weight excluding hydrogens is 206 g/mol. The molecule has 1 aromatic heterocycles. The number of hydrazine groups is 1. The van der Waals surface area contributed by atoms with E-state index < -0.39 is 0 Å². The Hall–Kier alpha value is -0.160. The molecule has 2 N–H and O–H groups in total. The molecule has 13 heavy (non-hydrogen) atoms. The number of thiazole rings is 1. The van der Waals surface area contributed by atoms with Crippen molar-refractivity contribution in [1.29, 1.82) is 0 Å². The first-order valence-electron chi connectivity index (χ1n) is 4.39. The van der Waals surface area contributed by atoms with Gasteiger partial charge in [0.25, 0.3) is 0 Å². The number of piperidine rings is 1. The Kier molecular flexibility index (Phi) is 2.83. The lowest BCUT2D eigenvalue weighted by Crippen LogP contribution is -2.38. The molecule has 0 amide bonds. The van der Waals surface area contributed by atoms with Crippen molar-refractivity contribution >= 4 is 22.9 Å². The van der Waals surface area contributed by atoms with E-state index >= 15 is 0 Å². The molecule has 0 spiro atoms. The van der Waals surface area contributed by atoms with Gasteiger partial charge in [0, 0.05) is 11.9 Å². The van der Waals surface area contributed by atoms with Gasteiger partial charge in [-0.05, 0) is 12.8 Å². The first-order valence-corrected chi connectivity index (χ1v) is 5.65. The predicted octanol–water partition coefficient (Wildman–Crippen LogP) is 2.20. The molecule has 1 saturated heterocycles. The lowest BCUT2D eigenvalue weighted by molar-refractivity contribution is 0.151. The van der Waals surface area contributed by atoms with Crippen LogP contribution in [0.3, 0.4) is 0 Å². The zero-order valence-corrected chi connectivity index (χ0v) is 8.81. The van der Waals surface area contributed by atoms with Crippen LogP contribution in [0.25, 0.3) is 0 Å². The highest BCUT2D eigenvalue weighted by atomic mass is 35.5. The Morgan fingerprint density at radius 2 is 2.46 bits per heavy atom. The third-order valence-corrected chi connectivity index (χ3v) is 3.59. The maximum atomic E-state index is 5.88. The maximum Gasteiger partial charge on any atom is 0.140 e. The summed E-state index contributed by atoms with van der Waals surface area (Å²) in [4.78, 5) is 4.25. The van der Waals surface area contributed by atoms with Crippen LogP contribution in [0.2, 0.25) is 5.15 Å². The summed E-state index contributed by atoms with van der Waals surface area (Å²) in [6.07, 6.45) is 3.52. The summed E-state index contributed by atoms with van der Waals surface area (Å²) in [5.74, 6) is 5.88. The lowest BCUT2D eigenvalue weighted by atomic mass is 10.1. The molecule has 1 unspecified atom stereocenters. The molecule has 0 aliphatic carbocycles. The fraction of sp³-hybridized carbons (Fsp3) is 0.625. The number of hydrogen-bond acceptors (Lipinski definition) is 4. The summed E-state index contributed by atoms with van der Waals surface area (Å²) in [5, 5.41) is 5.36. The molecule has 0 saturated carbocycles. The Bertz CT molecular complexity index is 289. The lowest BCUT2D eigenvalue weighted by Gasteiger charge is -2.30. The Labute approximate surface area is 86.5 Å². The first kappa shape index (κ1) is 9.40. The van der Waals surface area contributed by atoms with Gasteiger partial charge < -0.3 is 0 Å². The third kappa shape index (κ3) is 2.02. The Balaban J connectivity index is 2.14. The van der Waals surface area contributed by atoms with Gasteiger partial charge in [0.2, 0.25) is 0 Å². The van der Waals surface area contributed by atoms with Crippen LogP contribution < -0.4 is 5.84 Å². The van der Waals surface area contributed by atoms with Gasteiger partial charge in [-0.3, -0.25) is 5.84 Å². The average Bonchev–Trinajstić information content (AvgIpc) is 2.53. The van der Waals surface area contributed by atoms with E-state index in [1.807, 2.05) is 10.4 Å². The summed E-state index contributed by atoms with van der Waals surface area (Å²) in [6, 6.07) is 0.284. The number of aromatic nitrogens is 1. The molecule has 1 fully saturated rings. The molecule has 1 aromatic rings. The summed E-state index contributed by atoms with van der Waals surface area (Å²) in [7, 11) is 0. The molecule has 0 aromatic carbocycles. The fourth-order valence-electron chi connectivity index (χ4n) is 1.64. The Morgan fingerprint density at radius 3 is 3.08 bits per heavy atom. The van der Waals surface area contributed by atoms with Gasteiger partial charge >= 0.3 is 0 Å². The van der Waals surface area contributed by atoms with Crippen LogP contribution in [-0.2, 0) is 0 Å². The molecule has 1 aliphatic rings. The topological polar surface area (TPSA) is 42.1 Å². The molecule has 2 heterocycles. The summed E-state index contributed by atoms with van der Waals surface area (Å²) < 4.78 is 0. The molecule has 3 nitrogen and oxygen atoms in total. The van der Waals surface area contributed by atoms with Gasteiger partial charge in [0.15, 0.2) is 0 Å². The van der Waals surface area contributed by atoms with Crippen LogP contribution in [0.15, 0.2) is 5.38 Å². The zero-order valence-electron chi connectivity index (χ0n) is 7.24. The van der Waals surface area contributed by atoms with E-state index in [-0.39, 0.29) is 6.04 Å². The largest absolute Gasteiger partial charge is 0.268 e. The van der Waals surface area contributed by atoms with E-state index in [1.165, 1.54) is 12.8 Å². The number of nitrogens with zero attached hydrogens (tertiary/aromatic N) is 2. The van der Waals surface area contributed by atoms with Gasteiger partial charge in [-0.2, -0.15) is 0 Å². The molecule has 2 rings (SSSR count). The van der Waals surface area contributed by atoms with Crippen LogP contribution in [-0.4, -0.2) is 16.5 Å². The average molecular weight is 218 g/mol. The normalized spacial score (nSPS) is 24.9. The molecule has 5 heteroatoms. The quantitative estimate of drug-likeness (QED) is 0.734. The second kappa shape index (κ2) is 3.92. The van der Waals surface area contributed by atoms with Crippen molar-refractivity contribution < 1.29 is 0 Å². The Morgan fingerprint density at radius 1 is 1.62 bits per heavy atom. The van der Waals surface area contributed by atoms with E-state index in [4.69, 9.17) is 17.4 Å². The SMILES string of the molecule is NN1CCCCC1c1nc(Cl)cs1. The van der Waals surface area contributed by atoms with E-state index in [0.29, 0.717) is 5.15 Å². The molecule has 72 valence electrons.